The van der Waals surface area contributed by atoms with Crippen LogP contribution in [0, 0.1) is 5.82 Å². The highest BCUT2D eigenvalue weighted by Crippen LogP contribution is 2.24. The van der Waals surface area contributed by atoms with Crippen molar-refractivity contribution in [2.75, 3.05) is 20.8 Å². The van der Waals surface area contributed by atoms with Gasteiger partial charge in [0.15, 0.2) is 12.1 Å². The van der Waals surface area contributed by atoms with Crippen LogP contribution in [0.15, 0.2) is 12.3 Å². The second kappa shape index (κ2) is 6.48. The topological polar surface area (TPSA) is 66.6 Å². The maximum absolute atomic E-state index is 14.0. The van der Waals surface area contributed by atoms with E-state index in [-0.39, 0.29) is 11.4 Å². The number of nitrogens with two attached hydrogens (primary N) is 1. The lowest BCUT2D eigenvalue weighted by atomic mass is 10.1. The highest BCUT2D eigenvalue weighted by molar-refractivity contribution is 5.26. The van der Waals surface area contributed by atoms with Crippen LogP contribution in [0.25, 0.3) is 0 Å². The third-order valence-corrected chi connectivity index (χ3v) is 2.29. The fraction of sp³-hybridized carbons (Fsp3) is 0.545. The first-order valence-electron chi connectivity index (χ1n) is 5.24. The minimum Gasteiger partial charge on any atom is -0.476 e. The Hall–Kier alpha value is -1.24. The molecule has 96 valence electrons. The molecule has 0 saturated carbocycles. The molecule has 1 aromatic rings. The average Bonchev–Trinajstić information content (AvgIpc) is 2.33. The molecule has 0 bridgehead atoms. The van der Waals surface area contributed by atoms with Crippen LogP contribution < -0.4 is 10.5 Å². The third kappa shape index (κ3) is 3.12. The highest BCUT2D eigenvalue weighted by atomic mass is 19.1. The quantitative estimate of drug-likeness (QED) is 0.762. The molecule has 0 spiro atoms. The molecule has 1 atom stereocenters. The number of methoxy groups -OCH3 is 2. The van der Waals surface area contributed by atoms with Gasteiger partial charge in [-0.25, -0.2) is 9.37 Å². The molecule has 0 aliphatic carbocycles. The number of nitrogens with zero attached hydrogens (tertiary/aromatic N) is 1. The van der Waals surface area contributed by atoms with Crippen molar-refractivity contribution < 1.29 is 18.6 Å². The molecular weight excluding hydrogens is 227 g/mol. The highest BCUT2D eigenvalue weighted by Gasteiger charge is 2.24. The van der Waals surface area contributed by atoms with Crippen LogP contribution in [0.2, 0.25) is 0 Å². The van der Waals surface area contributed by atoms with Crippen molar-refractivity contribution in [1.29, 1.82) is 0 Å². The lowest BCUT2D eigenvalue weighted by molar-refractivity contribution is -0.117. The van der Waals surface area contributed by atoms with Gasteiger partial charge >= 0.3 is 0 Å². The Morgan fingerprint density at radius 2 is 2.06 bits per heavy atom. The maximum atomic E-state index is 14.0. The summed E-state index contributed by atoms with van der Waals surface area (Å²) in [5, 5.41) is 0. The zero-order valence-corrected chi connectivity index (χ0v) is 10.1. The normalized spacial score (nSPS) is 12.8. The van der Waals surface area contributed by atoms with Gasteiger partial charge in [0.05, 0.1) is 12.6 Å². The number of hydrogen-bond donors (Lipinski definition) is 1. The van der Waals surface area contributed by atoms with Gasteiger partial charge in [0.1, 0.15) is 0 Å². The molecule has 0 saturated heterocycles. The van der Waals surface area contributed by atoms with Crippen LogP contribution in [0.3, 0.4) is 0 Å². The number of rotatable bonds is 6. The Morgan fingerprint density at radius 3 is 2.59 bits per heavy atom. The Morgan fingerprint density at radius 1 is 1.41 bits per heavy atom. The lowest BCUT2D eigenvalue weighted by Crippen LogP contribution is -2.30. The van der Waals surface area contributed by atoms with Crippen molar-refractivity contribution in [3.8, 4) is 5.88 Å². The van der Waals surface area contributed by atoms with Crippen molar-refractivity contribution in [1.82, 2.24) is 4.98 Å². The number of ether oxygens (including phenoxy) is 3. The smallest absolute Gasteiger partial charge is 0.250 e. The third-order valence-electron chi connectivity index (χ3n) is 2.29. The summed E-state index contributed by atoms with van der Waals surface area (Å²) in [5.74, 6) is -0.646. The number of pyridine rings is 1. The van der Waals surface area contributed by atoms with Gasteiger partial charge in [-0.1, -0.05) is 0 Å². The Kier molecular flexibility index (Phi) is 5.27. The van der Waals surface area contributed by atoms with Crippen LogP contribution in [-0.2, 0) is 9.47 Å². The molecule has 0 radical (unpaired) electrons. The van der Waals surface area contributed by atoms with Gasteiger partial charge in [0.2, 0.25) is 0 Å². The summed E-state index contributed by atoms with van der Waals surface area (Å²) in [7, 11) is 2.88. The largest absolute Gasteiger partial charge is 0.476 e. The van der Waals surface area contributed by atoms with E-state index in [0.29, 0.717) is 6.61 Å². The van der Waals surface area contributed by atoms with Crippen molar-refractivity contribution in [2.45, 2.75) is 19.3 Å². The number of halogens is 1. The van der Waals surface area contributed by atoms with Crippen molar-refractivity contribution in [2.24, 2.45) is 5.73 Å². The van der Waals surface area contributed by atoms with Crippen LogP contribution in [0.5, 0.6) is 5.88 Å². The van der Waals surface area contributed by atoms with E-state index in [0.717, 1.165) is 0 Å². The summed E-state index contributed by atoms with van der Waals surface area (Å²) in [6, 6.07) is 0.736. The van der Waals surface area contributed by atoms with E-state index in [4.69, 9.17) is 19.9 Å². The molecule has 6 heteroatoms. The molecule has 0 aliphatic rings. The number of hydrogen-bond acceptors (Lipinski definition) is 5. The zero-order chi connectivity index (χ0) is 12.8. The van der Waals surface area contributed by atoms with Gasteiger partial charge in [-0.15, -0.1) is 0 Å². The summed E-state index contributed by atoms with van der Waals surface area (Å²) >= 11 is 0. The fourth-order valence-corrected chi connectivity index (χ4v) is 1.47. The molecule has 0 fully saturated rings. The molecule has 2 N–H and O–H groups in total. The van der Waals surface area contributed by atoms with Gasteiger partial charge in [0, 0.05) is 26.0 Å². The van der Waals surface area contributed by atoms with E-state index in [1.807, 2.05) is 0 Å². The molecule has 0 aromatic carbocycles. The first-order chi connectivity index (χ1) is 8.15. The number of aromatic nitrogens is 1. The van der Waals surface area contributed by atoms with E-state index in [9.17, 15) is 4.39 Å². The van der Waals surface area contributed by atoms with Crippen molar-refractivity contribution >= 4 is 0 Å². The fourth-order valence-electron chi connectivity index (χ4n) is 1.47. The zero-order valence-electron chi connectivity index (χ0n) is 10.1. The van der Waals surface area contributed by atoms with Gasteiger partial charge in [0.25, 0.3) is 5.88 Å². The molecule has 1 rings (SSSR count). The van der Waals surface area contributed by atoms with E-state index < -0.39 is 18.1 Å². The molecule has 1 aromatic heterocycles. The second-order valence-corrected chi connectivity index (χ2v) is 3.32. The van der Waals surface area contributed by atoms with Crippen LogP contribution in [0.4, 0.5) is 4.39 Å². The predicted octanol–water partition coefficient (Wildman–Crippen LogP) is 1.24. The van der Waals surface area contributed by atoms with Gasteiger partial charge in [-0.2, -0.15) is 0 Å². The lowest BCUT2D eigenvalue weighted by Gasteiger charge is -2.21. The monoisotopic (exact) mass is 244 g/mol. The summed E-state index contributed by atoms with van der Waals surface area (Å²) < 4.78 is 29.0. The molecule has 1 unspecified atom stereocenters. The van der Waals surface area contributed by atoms with E-state index in [1.165, 1.54) is 26.5 Å². The molecule has 17 heavy (non-hydrogen) atoms. The van der Waals surface area contributed by atoms with Crippen LogP contribution >= 0.6 is 0 Å². The minimum atomic E-state index is -0.743. The Balaban J connectivity index is 3.00. The molecule has 5 nitrogen and oxygen atoms in total. The van der Waals surface area contributed by atoms with Crippen molar-refractivity contribution in [3.05, 3.63) is 23.6 Å². The first kappa shape index (κ1) is 13.8. The van der Waals surface area contributed by atoms with Gasteiger partial charge < -0.3 is 19.9 Å². The van der Waals surface area contributed by atoms with Crippen LogP contribution in [-0.4, -0.2) is 32.1 Å². The molecular formula is C11H17FN2O3. The molecule has 1 heterocycles. The van der Waals surface area contributed by atoms with E-state index in [2.05, 4.69) is 4.98 Å². The van der Waals surface area contributed by atoms with E-state index in [1.54, 1.807) is 6.92 Å². The standard InChI is InChI=1S/C11H17FN2O3/c1-4-17-10-8(12)7(5-6-14-10)9(13)11(15-2)16-3/h5-6,9,11H,4,13H2,1-3H3. The van der Waals surface area contributed by atoms with Gasteiger partial charge in [-0.05, 0) is 13.0 Å². The second-order valence-electron chi connectivity index (χ2n) is 3.32. The molecule has 0 aliphatic heterocycles. The Bertz CT molecular complexity index is 359. The molecule has 0 amide bonds. The SMILES string of the molecule is CCOc1nccc(C(N)C(OC)OC)c1F. The van der Waals surface area contributed by atoms with Crippen LogP contribution in [0.1, 0.15) is 18.5 Å². The predicted molar refractivity (Wildman–Crippen MR) is 60.1 cm³/mol. The average molecular weight is 244 g/mol. The summed E-state index contributed by atoms with van der Waals surface area (Å²) in [4.78, 5) is 3.79. The van der Waals surface area contributed by atoms with E-state index >= 15 is 0 Å². The summed E-state index contributed by atoms with van der Waals surface area (Å²) in [6.45, 7) is 2.08. The first-order valence-corrected chi connectivity index (χ1v) is 5.24. The summed E-state index contributed by atoms with van der Waals surface area (Å²) in [6.07, 6.45) is 0.715. The Labute approximate surface area is 99.7 Å². The summed E-state index contributed by atoms with van der Waals surface area (Å²) in [5.41, 5.74) is 6.10. The minimum absolute atomic E-state index is 0.0635. The van der Waals surface area contributed by atoms with Crippen molar-refractivity contribution in [3.63, 3.8) is 0 Å². The van der Waals surface area contributed by atoms with Gasteiger partial charge in [-0.3, -0.25) is 0 Å². The maximum Gasteiger partial charge on any atom is 0.250 e.